The Morgan fingerprint density at radius 1 is 1.33 bits per heavy atom. The van der Waals surface area contributed by atoms with Crippen LogP contribution >= 0.6 is 0 Å². The van der Waals surface area contributed by atoms with Crippen molar-refractivity contribution in [2.45, 2.75) is 18.9 Å². The van der Waals surface area contributed by atoms with Crippen LogP contribution < -0.4 is 11.1 Å². The van der Waals surface area contributed by atoms with Crippen LogP contribution in [0.3, 0.4) is 0 Å². The molecule has 1 aromatic heterocycles. The van der Waals surface area contributed by atoms with Crippen LogP contribution in [0.1, 0.15) is 12.8 Å². The third kappa shape index (κ3) is 2.11. The minimum absolute atomic E-state index is 0.361. The highest BCUT2D eigenvalue weighted by Gasteiger charge is 2.15. The van der Waals surface area contributed by atoms with Crippen LogP contribution in [0.25, 0.3) is 10.8 Å². The van der Waals surface area contributed by atoms with Crippen molar-refractivity contribution in [2.24, 2.45) is 0 Å². The molecule has 1 aliphatic rings. The lowest BCUT2D eigenvalue weighted by Gasteiger charge is -2.25. The Bertz CT molecular complexity index is 550. The van der Waals surface area contributed by atoms with Crippen LogP contribution in [0.5, 0.6) is 0 Å². The average Bonchev–Trinajstić information content (AvgIpc) is 2.43. The van der Waals surface area contributed by atoms with Crippen LogP contribution in [0.2, 0.25) is 0 Å². The zero-order chi connectivity index (χ0) is 12.4. The van der Waals surface area contributed by atoms with Gasteiger partial charge in [-0.25, -0.2) is 0 Å². The molecule has 2 aromatic rings. The van der Waals surface area contributed by atoms with Crippen molar-refractivity contribution in [3.63, 3.8) is 0 Å². The second kappa shape index (κ2) is 4.82. The largest absolute Gasteiger partial charge is 0.397 e. The molecule has 3 rings (SSSR count). The lowest BCUT2D eigenvalue weighted by molar-refractivity contribution is 0.0876. The molecule has 0 spiro atoms. The number of aromatic nitrogens is 1. The van der Waals surface area contributed by atoms with Gasteiger partial charge in [0.05, 0.1) is 18.0 Å². The van der Waals surface area contributed by atoms with E-state index in [2.05, 4.69) is 10.3 Å². The number of nitrogen functional groups attached to an aromatic ring is 1. The standard InChI is InChI=1S/C14H17N3O/c15-14-12-5-6-16-8-10(12)3-4-13(14)17-11-2-1-7-18-9-11/h3-6,8,11,17H,1-2,7,9,15H2. The second-order valence-electron chi connectivity index (χ2n) is 4.68. The Labute approximate surface area is 106 Å². The predicted octanol–water partition coefficient (Wildman–Crippen LogP) is 2.41. The summed E-state index contributed by atoms with van der Waals surface area (Å²) in [6.07, 6.45) is 5.84. The molecule has 18 heavy (non-hydrogen) atoms. The van der Waals surface area contributed by atoms with E-state index in [-0.39, 0.29) is 0 Å². The number of nitrogens with two attached hydrogens (primary N) is 1. The van der Waals surface area contributed by atoms with Crippen LogP contribution in [0.4, 0.5) is 11.4 Å². The van der Waals surface area contributed by atoms with Crippen LogP contribution in [-0.2, 0) is 4.74 Å². The van der Waals surface area contributed by atoms with Gasteiger partial charge >= 0.3 is 0 Å². The Morgan fingerprint density at radius 2 is 2.28 bits per heavy atom. The molecular weight excluding hydrogens is 226 g/mol. The van der Waals surface area contributed by atoms with E-state index in [0.717, 1.165) is 48.2 Å². The third-order valence-corrected chi connectivity index (χ3v) is 3.38. The van der Waals surface area contributed by atoms with Gasteiger partial charge in [-0.2, -0.15) is 0 Å². The summed E-state index contributed by atoms with van der Waals surface area (Å²) in [6, 6.07) is 6.38. The Hall–Kier alpha value is -1.81. The molecule has 1 atom stereocenters. The van der Waals surface area contributed by atoms with Crippen molar-refractivity contribution in [3.8, 4) is 0 Å². The first-order valence-corrected chi connectivity index (χ1v) is 6.31. The van der Waals surface area contributed by atoms with Crippen molar-refractivity contribution in [3.05, 3.63) is 30.6 Å². The van der Waals surface area contributed by atoms with E-state index in [9.17, 15) is 0 Å². The lowest BCUT2D eigenvalue weighted by atomic mass is 10.1. The number of nitrogens with zero attached hydrogens (tertiary/aromatic N) is 1. The highest BCUT2D eigenvalue weighted by atomic mass is 16.5. The molecule has 94 valence electrons. The molecule has 0 amide bonds. The summed E-state index contributed by atoms with van der Waals surface area (Å²) in [5.41, 5.74) is 7.99. The number of rotatable bonds is 2. The molecule has 0 bridgehead atoms. The van der Waals surface area contributed by atoms with Crippen molar-refractivity contribution in [1.82, 2.24) is 4.98 Å². The minimum Gasteiger partial charge on any atom is -0.397 e. The van der Waals surface area contributed by atoms with E-state index in [4.69, 9.17) is 10.5 Å². The maximum absolute atomic E-state index is 6.21. The highest BCUT2D eigenvalue weighted by Crippen LogP contribution is 2.29. The zero-order valence-electron chi connectivity index (χ0n) is 10.2. The normalized spacial score (nSPS) is 19.9. The van der Waals surface area contributed by atoms with Gasteiger partial charge in [-0.15, -0.1) is 0 Å². The summed E-state index contributed by atoms with van der Waals surface area (Å²) in [6.45, 7) is 1.63. The van der Waals surface area contributed by atoms with Gasteiger partial charge < -0.3 is 15.8 Å². The van der Waals surface area contributed by atoms with E-state index in [1.165, 1.54) is 0 Å². The van der Waals surface area contributed by atoms with Crippen molar-refractivity contribution < 1.29 is 4.74 Å². The number of fused-ring (bicyclic) bond motifs is 1. The van der Waals surface area contributed by atoms with Crippen LogP contribution in [-0.4, -0.2) is 24.2 Å². The molecule has 3 N–H and O–H groups in total. The van der Waals surface area contributed by atoms with Gasteiger partial charge in [-0.3, -0.25) is 4.98 Å². The summed E-state index contributed by atoms with van der Waals surface area (Å²) in [5.74, 6) is 0. The number of ether oxygens (including phenoxy) is 1. The summed E-state index contributed by atoms with van der Waals surface area (Å²) < 4.78 is 5.47. The SMILES string of the molecule is Nc1c(NC2CCCOC2)ccc2cnccc12. The number of benzene rings is 1. The minimum atomic E-state index is 0.361. The van der Waals surface area contributed by atoms with Gasteiger partial charge in [0.25, 0.3) is 0 Å². The highest BCUT2D eigenvalue weighted by molar-refractivity contribution is 5.98. The number of nitrogens with one attached hydrogen (secondary N) is 1. The van der Waals surface area contributed by atoms with E-state index >= 15 is 0 Å². The molecule has 2 heterocycles. The van der Waals surface area contributed by atoms with E-state index in [1.54, 1.807) is 6.20 Å². The summed E-state index contributed by atoms with van der Waals surface area (Å²) in [5, 5.41) is 5.59. The fourth-order valence-corrected chi connectivity index (χ4v) is 2.39. The van der Waals surface area contributed by atoms with Crippen molar-refractivity contribution in [2.75, 3.05) is 24.3 Å². The fraction of sp³-hybridized carbons (Fsp3) is 0.357. The monoisotopic (exact) mass is 243 g/mol. The number of pyridine rings is 1. The number of hydrogen-bond acceptors (Lipinski definition) is 4. The van der Waals surface area contributed by atoms with Crippen molar-refractivity contribution >= 4 is 22.1 Å². The molecule has 4 nitrogen and oxygen atoms in total. The van der Waals surface area contributed by atoms with E-state index < -0.39 is 0 Å². The molecule has 0 aliphatic carbocycles. The molecular formula is C14H17N3O. The molecule has 1 saturated heterocycles. The van der Waals surface area contributed by atoms with Crippen LogP contribution in [0, 0.1) is 0 Å². The first-order chi connectivity index (χ1) is 8.84. The van der Waals surface area contributed by atoms with Gasteiger partial charge in [-0.05, 0) is 25.0 Å². The first kappa shape index (κ1) is 11.3. The summed E-state index contributed by atoms with van der Waals surface area (Å²) >= 11 is 0. The lowest BCUT2D eigenvalue weighted by Crippen LogP contribution is -2.30. The topological polar surface area (TPSA) is 60.2 Å². The fourth-order valence-electron chi connectivity index (χ4n) is 2.39. The van der Waals surface area contributed by atoms with Crippen LogP contribution in [0.15, 0.2) is 30.6 Å². The quantitative estimate of drug-likeness (QED) is 0.795. The predicted molar refractivity (Wildman–Crippen MR) is 73.6 cm³/mol. The van der Waals surface area contributed by atoms with E-state index in [1.807, 2.05) is 24.4 Å². The average molecular weight is 243 g/mol. The smallest absolute Gasteiger partial charge is 0.0667 e. The number of anilines is 2. The number of hydrogen-bond donors (Lipinski definition) is 2. The van der Waals surface area contributed by atoms with Crippen molar-refractivity contribution in [1.29, 1.82) is 0 Å². The molecule has 0 saturated carbocycles. The first-order valence-electron chi connectivity index (χ1n) is 6.31. The maximum Gasteiger partial charge on any atom is 0.0667 e. The molecule has 1 aliphatic heterocycles. The maximum atomic E-state index is 6.21. The molecule has 0 radical (unpaired) electrons. The summed E-state index contributed by atoms with van der Waals surface area (Å²) in [4.78, 5) is 4.10. The van der Waals surface area contributed by atoms with E-state index in [0.29, 0.717) is 6.04 Å². The summed E-state index contributed by atoms with van der Waals surface area (Å²) in [7, 11) is 0. The Balaban J connectivity index is 1.89. The van der Waals surface area contributed by atoms with Gasteiger partial charge in [0.15, 0.2) is 0 Å². The zero-order valence-corrected chi connectivity index (χ0v) is 10.2. The third-order valence-electron chi connectivity index (χ3n) is 3.38. The second-order valence-corrected chi connectivity index (χ2v) is 4.68. The molecule has 1 fully saturated rings. The van der Waals surface area contributed by atoms with Gasteiger partial charge in [0, 0.05) is 35.8 Å². The van der Waals surface area contributed by atoms with Gasteiger partial charge in [0.2, 0.25) is 0 Å². The molecule has 1 aromatic carbocycles. The van der Waals surface area contributed by atoms with Gasteiger partial charge in [-0.1, -0.05) is 6.07 Å². The van der Waals surface area contributed by atoms with Gasteiger partial charge in [0.1, 0.15) is 0 Å². The Kier molecular flexibility index (Phi) is 3.02. The molecule has 4 heteroatoms. The molecule has 1 unspecified atom stereocenters. The Morgan fingerprint density at radius 3 is 3.11 bits per heavy atom.